The van der Waals surface area contributed by atoms with Crippen LogP contribution in [0.2, 0.25) is 0 Å². The van der Waals surface area contributed by atoms with Crippen LogP contribution in [0.3, 0.4) is 0 Å². The van der Waals surface area contributed by atoms with Gasteiger partial charge in [-0.25, -0.2) is 0 Å². The molecule has 6 aromatic carbocycles. The Kier molecular flexibility index (Phi) is 11.2. The van der Waals surface area contributed by atoms with E-state index in [9.17, 15) is 19.5 Å². The third kappa shape index (κ3) is 8.14. The zero-order valence-corrected chi connectivity index (χ0v) is 33.6. The molecule has 6 aromatic rings. The Bertz CT molecular complexity index is 2630. The van der Waals surface area contributed by atoms with Crippen molar-refractivity contribution in [1.29, 1.82) is 0 Å². The molecule has 3 aliphatic rings. The second-order valence-electron chi connectivity index (χ2n) is 15.7. The minimum Gasteiger partial charge on any atom is -0.481 e. The molecule has 1 aliphatic heterocycles. The number of Topliss-reactive ketones (excluding diaryl/α,β-unsaturated/α-hetero) is 1. The fourth-order valence-corrected chi connectivity index (χ4v) is 9.22. The highest BCUT2D eigenvalue weighted by molar-refractivity contribution is 6.09. The van der Waals surface area contributed by atoms with Gasteiger partial charge in [-0.1, -0.05) is 84.4 Å². The van der Waals surface area contributed by atoms with Crippen molar-refractivity contribution >= 4 is 40.9 Å². The zero-order chi connectivity index (χ0) is 41.0. The number of ketones is 1. The highest BCUT2D eigenvalue weighted by Crippen LogP contribution is 2.47. The molecule has 0 aromatic heterocycles. The Morgan fingerprint density at radius 3 is 2.29 bits per heavy atom. The summed E-state index contributed by atoms with van der Waals surface area (Å²) in [7, 11) is 0. The molecule has 294 valence electrons. The number of fused-ring (bicyclic) bond motifs is 6. The second kappa shape index (κ2) is 16.9. The van der Waals surface area contributed by atoms with E-state index in [1.807, 2.05) is 72.9 Å². The number of hydrogen-bond acceptors (Lipinski definition) is 5. The van der Waals surface area contributed by atoms with Crippen LogP contribution in [0.15, 0.2) is 139 Å². The van der Waals surface area contributed by atoms with Crippen molar-refractivity contribution in [1.82, 2.24) is 0 Å². The summed E-state index contributed by atoms with van der Waals surface area (Å²) in [6.07, 6.45) is 8.81. The second-order valence-corrected chi connectivity index (χ2v) is 15.7. The smallest absolute Gasteiger partial charge is 0.303 e. The van der Waals surface area contributed by atoms with Crippen molar-refractivity contribution in [3.05, 3.63) is 184 Å². The number of para-hydroxylation sites is 2. The number of aryl methyl sites for hydroxylation is 3. The fraction of sp³-hybridized carbons (Fsp3) is 0.192. The summed E-state index contributed by atoms with van der Waals surface area (Å²) in [6, 6.07) is 39.6. The summed E-state index contributed by atoms with van der Waals surface area (Å²) in [6.45, 7) is 6.23. The first kappa shape index (κ1) is 39.0. The number of carboxylic acid groups (broad SMARTS) is 1. The molecule has 0 fully saturated rings. The topological polar surface area (TPSA) is 108 Å². The summed E-state index contributed by atoms with van der Waals surface area (Å²) >= 11 is 0. The number of hydrogen-bond donors (Lipinski definition) is 3. The highest BCUT2D eigenvalue weighted by Gasteiger charge is 2.35. The average molecular weight is 778 g/mol. The quantitative estimate of drug-likeness (QED) is 0.140. The molecule has 2 unspecified atom stereocenters. The van der Waals surface area contributed by atoms with Crippen LogP contribution in [-0.4, -0.2) is 29.0 Å². The molecule has 0 bridgehead atoms. The fourth-order valence-electron chi connectivity index (χ4n) is 9.22. The van der Waals surface area contributed by atoms with Gasteiger partial charge in [0.1, 0.15) is 0 Å². The number of carboxylic acids is 1. The lowest BCUT2D eigenvalue weighted by Gasteiger charge is -2.34. The largest absolute Gasteiger partial charge is 0.481 e. The van der Waals surface area contributed by atoms with Crippen LogP contribution in [0, 0.1) is 20.8 Å². The first-order valence-electron chi connectivity index (χ1n) is 20.3. The molecule has 9 rings (SSSR count). The summed E-state index contributed by atoms with van der Waals surface area (Å²) in [4.78, 5) is 43.9. The molecule has 2 atom stereocenters. The van der Waals surface area contributed by atoms with Crippen LogP contribution in [0.4, 0.5) is 17.1 Å². The lowest BCUT2D eigenvalue weighted by Crippen LogP contribution is -2.25. The van der Waals surface area contributed by atoms with Gasteiger partial charge in [-0.2, -0.15) is 0 Å². The van der Waals surface area contributed by atoms with Crippen molar-refractivity contribution in [2.75, 3.05) is 10.6 Å². The predicted octanol–water partition coefficient (Wildman–Crippen LogP) is 11.9. The molecule has 1 amide bonds. The van der Waals surface area contributed by atoms with Gasteiger partial charge in [0, 0.05) is 29.2 Å². The molecule has 7 heteroatoms. The third-order valence-electron chi connectivity index (χ3n) is 11.7. The number of carbonyl (C=O) groups is 3. The number of aliphatic imine (C=N–C) groups is 1. The molecule has 0 spiro atoms. The Labute approximate surface area is 345 Å². The van der Waals surface area contributed by atoms with Crippen molar-refractivity contribution in [2.45, 2.75) is 64.7 Å². The molecule has 3 N–H and O–H groups in total. The van der Waals surface area contributed by atoms with Crippen LogP contribution in [-0.2, 0) is 17.6 Å². The summed E-state index contributed by atoms with van der Waals surface area (Å²) in [5, 5.41) is 15.8. The number of nitrogens with one attached hydrogen (secondary N) is 2. The monoisotopic (exact) mass is 777 g/mol. The number of rotatable bonds is 7. The van der Waals surface area contributed by atoms with E-state index in [1.165, 1.54) is 5.56 Å². The van der Waals surface area contributed by atoms with Crippen molar-refractivity contribution < 1.29 is 19.5 Å². The van der Waals surface area contributed by atoms with E-state index in [4.69, 9.17) is 0 Å². The van der Waals surface area contributed by atoms with Crippen LogP contribution >= 0.6 is 0 Å². The van der Waals surface area contributed by atoms with Gasteiger partial charge in [-0.15, -0.1) is 0 Å². The summed E-state index contributed by atoms with van der Waals surface area (Å²) in [5.41, 5.74) is 15.9. The van der Waals surface area contributed by atoms with Gasteiger partial charge >= 0.3 is 5.97 Å². The minimum atomic E-state index is -0.792. The van der Waals surface area contributed by atoms with E-state index in [0.717, 1.165) is 86.3 Å². The number of aliphatic carboxylic acids is 1. The number of benzene rings is 6. The molecule has 0 radical (unpaired) electrons. The van der Waals surface area contributed by atoms with Gasteiger partial charge in [-0.05, 0) is 157 Å². The molecular formula is C52H47N3O4. The normalized spacial score (nSPS) is 15.8. The Balaban J connectivity index is 0.000000378. The molecule has 59 heavy (non-hydrogen) atoms. The van der Waals surface area contributed by atoms with E-state index in [-0.39, 0.29) is 29.9 Å². The Morgan fingerprint density at radius 2 is 1.51 bits per heavy atom. The van der Waals surface area contributed by atoms with Gasteiger partial charge in [0.25, 0.3) is 5.91 Å². The molecule has 2 aliphatic carbocycles. The van der Waals surface area contributed by atoms with E-state index in [0.29, 0.717) is 23.2 Å². The molecular weight excluding hydrogens is 731 g/mol. The number of amides is 1. The van der Waals surface area contributed by atoms with Crippen LogP contribution in [0.25, 0.3) is 22.3 Å². The number of carbonyl (C=O) groups excluding carboxylic acids is 2. The van der Waals surface area contributed by atoms with Crippen LogP contribution < -0.4 is 10.6 Å². The molecule has 0 saturated heterocycles. The summed E-state index contributed by atoms with van der Waals surface area (Å²) < 4.78 is 0. The first-order valence-corrected chi connectivity index (χ1v) is 20.3. The average Bonchev–Trinajstić information content (AvgIpc) is 3.49. The Hall–Kier alpha value is -6.86. The van der Waals surface area contributed by atoms with E-state index in [2.05, 4.69) is 72.8 Å². The van der Waals surface area contributed by atoms with Gasteiger partial charge in [0.15, 0.2) is 5.78 Å². The van der Waals surface area contributed by atoms with Gasteiger partial charge in [0.05, 0.1) is 23.7 Å². The van der Waals surface area contributed by atoms with Crippen molar-refractivity contribution in [3.63, 3.8) is 0 Å². The maximum atomic E-state index is 14.4. The number of nitrogens with zero attached hydrogens (tertiary/aromatic N) is 1. The molecule has 1 heterocycles. The van der Waals surface area contributed by atoms with Crippen LogP contribution in [0.5, 0.6) is 0 Å². The minimum absolute atomic E-state index is 0.0352. The molecule has 0 saturated carbocycles. The number of allylic oxidation sites excluding steroid dienone is 1. The van der Waals surface area contributed by atoms with Gasteiger partial charge < -0.3 is 15.7 Å². The molecule has 7 nitrogen and oxygen atoms in total. The lowest BCUT2D eigenvalue weighted by atomic mass is 9.69. The van der Waals surface area contributed by atoms with Gasteiger partial charge in [0.2, 0.25) is 0 Å². The maximum absolute atomic E-state index is 14.4. The SMILES string of the molecule is C1=CNc2ccccc2N=C1.Cc1cc(C)c(-c2ccccc2C(=O)Nc2ccc(C(=O)C3Cc4ccccc4-c4ccc5c(c43)CCCC5CC(=O)O)cc2)c(C)c1. The van der Waals surface area contributed by atoms with E-state index < -0.39 is 5.97 Å². The number of anilines is 2. The Morgan fingerprint density at radius 1 is 0.797 bits per heavy atom. The van der Waals surface area contributed by atoms with Crippen molar-refractivity contribution in [3.8, 4) is 22.3 Å². The standard InChI is InChI=1S/C43H39NO4.C9H8N2/c1-25-21-26(2)40(27(3)22-25)35-12-6-7-13-37(35)43(48)44-31-17-15-28(16-18-31)42(47)38-23-29-9-4-5-11-32(29)36-20-19-33-30(24-39(45)46)10-8-14-34(33)41(36)38;1-2-5-9-8(4-1)10-6-3-7-11-9/h4-7,9,11-13,15-22,30,38H,8,10,14,23-24H2,1-3H3,(H,44,48)(H,45,46);1-7,10H. The van der Waals surface area contributed by atoms with E-state index in [1.54, 1.807) is 30.5 Å². The highest BCUT2D eigenvalue weighted by atomic mass is 16.4. The maximum Gasteiger partial charge on any atom is 0.303 e. The summed E-state index contributed by atoms with van der Waals surface area (Å²) in [5.74, 6) is -1.38. The van der Waals surface area contributed by atoms with Gasteiger partial charge in [-0.3, -0.25) is 19.4 Å². The first-order chi connectivity index (χ1) is 28.7. The van der Waals surface area contributed by atoms with Crippen molar-refractivity contribution in [2.24, 2.45) is 4.99 Å². The zero-order valence-electron chi connectivity index (χ0n) is 33.6. The van der Waals surface area contributed by atoms with E-state index >= 15 is 0 Å². The van der Waals surface area contributed by atoms with Crippen LogP contribution in [0.1, 0.15) is 90.8 Å². The third-order valence-corrected chi connectivity index (χ3v) is 11.7. The lowest BCUT2D eigenvalue weighted by molar-refractivity contribution is -0.137. The predicted molar refractivity (Wildman–Crippen MR) is 238 cm³/mol.